The van der Waals surface area contributed by atoms with E-state index in [1.165, 1.54) is 28.8 Å². The standard InChI is InChI=1S/C25H27N3O2S/c29-24(18-8-2-1-3-9-18)27-25-22(19-10-4-5-12-21(19)31-25)23(20-11-6-7-13-26-20)28-14-16-30-17-15-28/h1-3,6-9,11,13,23H,4-5,10,12,14-17H2,(H,27,29)/t23-/m1/s1. The molecule has 1 aromatic carbocycles. The van der Waals surface area contributed by atoms with Crippen molar-refractivity contribution in [3.8, 4) is 0 Å². The molecular formula is C25H27N3O2S. The minimum Gasteiger partial charge on any atom is -0.379 e. The Kier molecular flexibility index (Phi) is 6.11. The van der Waals surface area contributed by atoms with Crippen molar-refractivity contribution in [3.05, 3.63) is 82.0 Å². The molecule has 1 aliphatic carbocycles. The summed E-state index contributed by atoms with van der Waals surface area (Å²) in [6, 6.07) is 15.6. The van der Waals surface area contributed by atoms with Crippen LogP contribution >= 0.6 is 11.3 Å². The van der Waals surface area contributed by atoms with Gasteiger partial charge >= 0.3 is 0 Å². The smallest absolute Gasteiger partial charge is 0.256 e. The van der Waals surface area contributed by atoms with Gasteiger partial charge in [0.1, 0.15) is 5.00 Å². The number of pyridine rings is 1. The molecule has 0 bridgehead atoms. The van der Waals surface area contributed by atoms with E-state index < -0.39 is 0 Å². The second-order valence-electron chi connectivity index (χ2n) is 8.08. The Balaban J connectivity index is 1.59. The monoisotopic (exact) mass is 433 g/mol. The van der Waals surface area contributed by atoms with Crippen LogP contribution in [0.2, 0.25) is 0 Å². The lowest BCUT2D eigenvalue weighted by molar-refractivity contribution is 0.0232. The zero-order valence-electron chi connectivity index (χ0n) is 17.5. The van der Waals surface area contributed by atoms with Crippen molar-refractivity contribution in [1.82, 2.24) is 9.88 Å². The number of nitrogens with zero attached hydrogens (tertiary/aromatic N) is 2. The molecule has 2 aromatic heterocycles. The summed E-state index contributed by atoms with van der Waals surface area (Å²) >= 11 is 1.75. The van der Waals surface area contributed by atoms with E-state index in [0.29, 0.717) is 5.56 Å². The summed E-state index contributed by atoms with van der Waals surface area (Å²) in [5, 5.41) is 4.24. The number of hydrogen-bond acceptors (Lipinski definition) is 5. The molecule has 2 aliphatic rings. The third-order valence-electron chi connectivity index (χ3n) is 6.13. The summed E-state index contributed by atoms with van der Waals surface area (Å²) in [7, 11) is 0. The zero-order valence-corrected chi connectivity index (χ0v) is 18.4. The fraction of sp³-hybridized carbons (Fsp3) is 0.360. The number of anilines is 1. The van der Waals surface area contributed by atoms with Gasteiger partial charge in [-0.25, -0.2) is 0 Å². The van der Waals surface area contributed by atoms with Crippen molar-refractivity contribution < 1.29 is 9.53 Å². The number of aromatic nitrogens is 1. The van der Waals surface area contributed by atoms with Crippen molar-refractivity contribution >= 4 is 22.2 Å². The second-order valence-corrected chi connectivity index (χ2v) is 9.18. The Labute approximate surface area is 187 Å². The van der Waals surface area contributed by atoms with E-state index in [0.717, 1.165) is 49.8 Å². The molecule has 0 saturated carbocycles. The quantitative estimate of drug-likeness (QED) is 0.634. The number of amides is 1. The van der Waals surface area contributed by atoms with Crippen molar-refractivity contribution in [2.45, 2.75) is 31.7 Å². The second kappa shape index (κ2) is 9.30. The normalized spacial score (nSPS) is 17.7. The summed E-state index contributed by atoms with van der Waals surface area (Å²) in [4.78, 5) is 21.7. The number of thiophene rings is 1. The number of carbonyl (C=O) groups excluding carboxylic acids is 1. The minimum atomic E-state index is -0.0535. The van der Waals surface area contributed by atoms with Crippen LogP contribution < -0.4 is 5.32 Å². The Morgan fingerprint density at radius 3 is 2.58 bits per heavy atom. The van der Waals surface area contributed by atoms with E-state index in [2.05, 4.69) is 22.3 Å². The third kappa shape index (κ3) is 4.28. The van der Waals surface area contributed by atoms with E-state index in [1.807, 2.05) is 42.6 Å². The number of aryl methyl sites for hydroxylation is 1. The number of benzene rings is 1. The van der Waals surface area contributed by atoms with Crippen molar-refractivity contribution in [2.75, 3.05) is 31.6 Å². The lowest BCUT2D eigenvalue weighted by Gasteiger charge is -2.35. The van der Waals surface area contributed by atoms with Crippen LogP contribution in [0.3, 0.4) is 0 Å². The van der Waals surface area contributed by atoms with Crippen molar-refractivity contribution in [1.29, 1.82) is 0 Å². The van der Waals surface area contributed by atoms with Gasteiger partial charge in [-0.1, -0.05) is 24.3 Å². The van der Waals surface area contributed by atoms with Crippen molar-refractivity contribution in [2.24, 2.45) is 0 Å². The molecule has 0 unspecified atom stereocenters. The molecule has 5 nitrogen and oxygen atoms in total. The van der Waals surface area contributed by atoms with Crippen LogP contribution in [0.15, 0.2) is 54.7 Å². The number of hydrogen-bond donors (Lipinski definition) is 1. The molecule has 5 rings (SSSR count). The number of carbonyl (C=O) groups is 1. The lowest BCUT2D eigenvalue weighted by Crippen LogP contribution is -2.40. The fourth-order valence-electron chi connectivity index (χ4n) is 4.63. The lowest BCUT2D eigenvalue weighted by atomic mass is 9.90. The third-order valence-corrected chi connectivity index (χ3v) is 7.35. The summed E-state index contributed by atoms with van der Waals surface area (Å²) in [5.74, 6) is -0.0535. The SMILES string of the molecule is O=C(Nc1sc2c(c1[C@@H](c1ccccn1)N1CCOCC1)CCCC2)c1ccccc1. The van der Waals surface area contributed by atoms with Gasteiger partial charge in [-0.2, -0.15) is 0 Å². The molecule has 6 heteroatoms. The van der Waals surface area contributed by atoms with Gasteiger partial charge in [-0.15, -0.1) is 11.3 Å². The predicted molar refractivity (Wildman–Crippen MR) is 124 cm³/mol. The minimum absolute atomic E-state index is 0.0225. The van der Waals surface area contributed by atoms with Crippen LogP contribution in [0, 0.1) is 0 Å². The van der Waals surface area contributed by atoms with Crippen LogP contribution in [0.25, 0.3) is 0 Å². The summed E-state index contributed by atoms with van der Waals surface area (Å²) < 4.78 is 5.64. The Bertz CT molecular complexity index is 1030. The van der Waals surface area contributed by atoms with Crippen LogP contribution in [-0.2, 0) is 17.6 Å². The Morgan fingerprint density at radius 2 is 1.81 bits per heavy atom. The van der Waals surface area contributed by atoms with Gasteiger partial charge in [-0.05, 0) is 55.5 Å². The molecule has 3 heterocycles. The zero-order chi connectivity index (χ0) is 21.0. The van der Waals surface area contributed by atoms with Crippen LogP contribution in [0.1, 0.15) is 50.9 Å². The average molecular weight is 434 g/mol. The first kappa shape index (κ1) is 20.4. The predicted octanol–water partition coefficient (Wildman–Crippen LogP) is 4.70. The Morgan fingerprint density at radius 1 is 1.03 bits per heavy atom. The van der Waals surface area contributed by atoms with Crippen molar-refractivity contribution in [3.63, 3.8) is 0 Å². The Hall–Kier alpha value is -2.54. The highest BCUT2D eigenvalue weighted by Crippen LogP contribution is 2.45. The molecule has 1 atom stereocenters. The molecule has 1 saturated heterocycles. The highest BCUT2D eigenvalue weighted by molar-refractivity contribution is 7.16. The number of fused-ring (bicyclic) bond motifs is 1. The molecule has 1 N–H and O–H groups in total. The number of nitrogens with one attached hydrogen (secondary N) is 1. The topological polar surface area (TPSA) is 54.5 Å². The van der Waals surface area contributed by atoms with Gasteiger partial charge in [0, 0.05) is 35.3 Å². The first-order valence-corrected chi connectivity index (χ1v) is 11.9. The summed E-state index contributed by atoms with van der Waals surface area (Å²) in [5.41, 5.74) is 4.37. The largest absolute Gasteiger partial charge is 0.379 e. The number of morpholine rings is 1. The summed E-state index contributed by atoms with van der Waals surface area (Å²) in [6.45, 7) is 3.17. The van der Waals surface area contributed by atoms with Crippen LogP contribution in [0.4, 0.5) is 5.00 Å². The van der Waals surface area contributed by atoms with Gasteiger partial charge in [0.25, 0.3) is 5.91 Å². The molecule has 160 valence electrons. The molecule has 1 fully saturated rings. The molecule has 1 aliphatic heterocycles. The highest BCUT2D eigenvalue weighted by Gasteiger charge is 2.33. The van der Waals surface area contributed by atoms with E-state index in [1.54, 1.807) is 11.3 Å². The van der Waals surface area contributed by atoms with Gasteiger partial charge < -0.3 is 10.1 Å². The van der Waals surface area contributed by atoms with E-state index in [9.17, 15) is 4.79 Å². The van der Waals surface area contributed by atoms with E-state index in [4.69, 9.17) is 9.72 Å². The van der Waals surface area contributed by atoms with Gasteiger partial charge in [0.05, 0.1) is 24.9 Å². The maximum Gasteiger partial charge on any atom is 0.256 e. The van der Waals surface area contributed by atoms with Crippen LogP contribution in [-0.4, -0.2) is 42.1 Å². The number of ether oxygens (including phenoxy) is 1. The van der Waals surface area contributed by atoms with Gasteiger partial charge in [0.15, 0.2) is 0 Å². The van der Waals surface area contributed by atoms with E-state index in [-0.39, 0.29) is 11.9 Å². The molecular weight excluding hydrogens is 406 g/mol. The molecule has 1 amide bonds. The first-order chi connectivity index (χ1) is 15.3. The highest BCUT2D eigenvalue weighted by atomic mass is 32.1. The molecule has 0 radical (unpaired) electrons. The van der Waals surface area contributed by atoms with Gasteiger partial charge in [0.2, 0.25) is 0 Å². The molecule has 3 aromatic rings. The summed E-state index contributed by atoms with van der Waals surface area (Å²) in [6.07, 6.45) is 6.43. The first-order valence-electron chi connectivity index (χ1n) is 11.0. The van der Waals surface area contributed by atoms with E-state index >= 15 is 0 Å². The van der Waals surface area contributed by atoms with Gasteiger partial charge in [-0.3, -0.25) is 14.7 Å². The maximum atomic E-state index is 13.1. The maximum absolute atomic E-state index is 13.1. The molecule has 0 spiro atoms. The van der Waals surface area contributed by atoms with Crippen LogP contribution in [0.5, 0.6) is 0 Å². The fourth-order valence-corrected chi connectivity index (χ4v) is 5.94. The molecule has 31 heavy (non-hydrogen) atoms. The average Bonchev–Trinajstić information content (AvgIpc) is 3.19. The number of rotatable bonds is 5.